The van der Waals surface area contributed by atoms with Crippen LogP contribution in [0.1, 0.15) is 12.8 Å². The summed E-state index contributed by atoms with van der Waals surface area (Å²) in [5, 5.41) is 16.2. The number of anilines is 2. The summed E-state index contributed by atoms with van der Waals surface area (Å²) >= 11 is 0. The van der Waals surface area contributed by atoms with Crippen LogP contribution in [0.15, 0.2) is 0 Å². The Balaban J connectivity index is 2.02. The van der Waals surface area contributed by atoms with Crippen LogP contribution in [0, 0.1) is 0 Å². The summed E-state index contributed by atoms with van der Waals surface area (Å²) in [6.07, 6.45) is 1.20. The molecule has 1 aromatic heterocycles. The Morgan fingerprint density at radius 3 is 2.58 bits per heavy atom. The van der Waals surface area contributed by atoms with E-state index in [0.29, 0.717) is 44.5 Å². The van der Waals surface area contributed by atoms with Crippen molar-refractivity contribution in [3.05, 3.63) is 0 Å². The van der Waals surface area contributed by atoms with Gasteiger partial charge < -0.3 is 25.2 Å². The van der Waals surface area contributed by atoms with Gasteiger partial charge in [-0.25, -0.2) is 0 Å². The van der Waals surface area contributed by atoms with Crippen molar-refractivity contribution in [1.82, 2.24) is 15.0 Å². The van der Waals surface area contributed by atoms with Crippen molar-refractivity contribution < 1.29 is 14.6 Å². The molecule has 3 N–H and O–H groups in total. The molecule has 0 atom stereocenters. The zero-order chi connectivity index (χ0) is 13.7. The van der Waals surface area contributed by atoms with Crippen LogP contribution in [-0.4, -0.2) is 59.6 Å². The first-order chi connectivity index (χ1) is 9.15. The van der Waals surface area contributed by atoms with Crippen molar-refractivity contribution in [2.75, 3.05) is 44.5 Å². The molecule has 19 heavy (non-hydrogen) atoms. The van der Waals surface area contributed by atoms with E-state index in [0.717, 1.165) is 0 Å². The maximum atomic E-state index is 10.3. The Morgan fingerprint density at radius 1 is 1.26 bits per heavy atom. The molecule has 8 heteroatoms. The molecule has 0 amide bonds. The average Bonchev–Trinajstić information content (AvgIpc) is 2.45. The maximum Gasteiger partial charge on any atom is 0.322 e. The van der Waals surface area contributed by atoms with Gasteiger partial charge in [0.25, 0.3) is 0 Å². The molecule has 1 aromatic rings. The molecular weight excluding hydrogens is 250 g/mol. The summed E-state index contributed by atoms with van der Waals surface area (Å²) in [5.74, 6) is 0.782. The van der Waals surface area contributed by atoms with E-state index < -0.39 is 5.60 Å². The third-order valence-corrected chi connectivity index (χ3v) is 3.02. The third kappa shape index (κ3) is 3.65. The Labute approximate surface area is 111 Å². The van der Waals surface area contributed by atoms with Crippen LogP contribution in [0.2, 0.25) is 0 Å². The van der Waals surface area contributed by atoms with Gasteiger partial charge in [-0.2, -0.15) is 15.0 Å². The van der Waals surface area contributed by atoms with Gasteiger partial charge in [-0.3, -0.25) is 0 Å². The van der Waals surface area contributed by atoms with Gasteiger partial charge in [0.1, 0.15) is 0 Å². The molecule has 0 unspecified atom stereocenters. The molecule has 1 aliphatic rings. The second-order valence-electron chi connectivity index (χ2n) is 4.41. The first-order valence-corrected chi connectivity index (χ1v) is 6.17. The summed E-state index contributed by atoms with van der Waals surface area (Å²) in [6, 6.07) is 0.223. The number of hydrogen-bond acceptors (Lipinski definition) is 8. The minimum absolute atomic E-state index is 0.223. The van der Waals surface area contributed by atoms with Crippen molar-refractivity contribution >= 4 is 11.9 Å². The molecular formula is C11H19N5O3. The number of nitrogens with one attached hydrogen (secondary N) is 2. The zero-order valence-corrected chi connectivity index (χ0v) is 11.1. The highest BCUT2D eigenvalue weighted by molar-refractivity contribution is 5.35. The fraction of sp³-hybridized carbons (Fsp3) is 0.727. The molecule has 0 spiro atoms. The molecule has 0 aromatic carbocycles. The summed E-state index contributed by atoms with van der Waals surface area (Å²) in [7, 11) is 3.20. The highest BCUT2D eigenvalue weighted by Gasteiger charge is 2.29. The summed E-state index contributed by atoms with van der Waals surface area (Å²) in [5.41, 5.74) is -0.780. The number of rotatable bonds is 5. The molecule has 0 aliphatic carbocycles. The van der Waals surface area contributed by atoms with Crippen LogP contribution in [0.5, 0.6) is 6.01 Å². The van der Waals surface area contributed by atoms with Crippen LogP contribution < -0.4 is 15.4 Å². The van der Waals surface area contributed by atoms with Gasteiger partial charge in [-0.05, 0) is 0 Å². The van der Waals surface area contributed by atoms with E-state index >= 15 is 0 Å². The highest BCUT2D eigenvalue weighted by atomic mass is 16.5. The summed E-state index contributed by atoms with van der Waals surface area (Å²) in [4.78, 5) is 12.2. The van der Waals surface area contributed by atoms with Gasteiger partial charge in [0.15, 0.2) is 0 Å². The fourth-order valence-electron chi connectivity index (χ4n) is 1.81. The molecule has 8 nitrogen and oxygen atoms in total. The van der Waals surface area contributed by atoms with Crippen molar-refractivity contribution in [3.63, 3.8) is 0 Å². The number of aliphatic hydroxyl groups is 1. The van der Waals surface area contributed by atoms with Gasteiger partial charge >= 0.3 is 6.01 Å². The van der Waals surface area contributed by atoms with E-state index in [1.54, 1.807) is 7.05 Å². The first-order valence-electron chi connectivity index (χ1n) is 6.17. The lowest BCUT2D eigenvalue weighted by molar-refractivity contribution is -0.0544. The Kier molecular flexibility index (Phi) is 4.33. The predicted molar refractivity (Wildman–Crippen MR) is 69.4 cm³/mol. The van der Waals surface area contributed by atoms with Gasteiger partial charge in [0.2, 0.25) is 11.9 Å². The molecule has 2 heterocycles. The maximum absolute atomic E-state index is 10.3. The minimum Gasteiger partial charge on any atom is -0.467 e. The quantitative estimate of drug-likeness (QED) is 0.680. The van der Waals surface area contributed by atoms with Crippen LogP contribution >= 0.6 is 0 Å². The molecule has 1 fully saturated rings. The van der Waals surface area contributed by atoms with Crippen molar-refractivity contribution in [2.45, 2.75) is 18.4 Å². The van der Waals surface area contributed by atoms with Crippen molar-refractivity contribution in [2.24, 2.45) is 0 Å². The van der Waals surface area contributed by atoms with Gasteiger partial charge in [0.05, 0.1) is 12.7 Å². The van der Waals surface area contributed by atoms with Crippen LogP contribution in [0.4, 0.5) is 11.9 Å². The van der Waals surface area contributed by atoms with E-state index in [1.165, 1.54) is 7.11 Å². The van der Waals surface area contributed by atoms with Gasteiger partial charge in [-0.1, -0.05) is 0 Å². The lowest BCUT2D eigenvalue weighted by Crippen LogP contribution is -2.42. The topological polar surface area (TPSA) is 101 Å². The first kappa shape index (κ1) is 13.8. The van der Waals surface area contributed by atoms with E-state index in [-0.39, 0.29) is 6.01 Å². The van der Waals surface area contributed by atoms with E-state index in [2.05, 4.69) is 25.6 Å². The summed E-state index contributed by atoms with van der Waals surface area (Å²) in [6.45, 7) is 1.51. The summed E-state index contributed by atoms with van der Waals surface area (Å²) < 4.78 is 10.2. The van der Waals surface area contributed by atoms with Crippen molar-refractivity contribution in [1.29, 1.82) is 0 Å². The molecule has 2 rings (SSSR count). The van der Waals surface area contributed by atoms with E-state index in [9.17, 15) is 5.11 Å². The molecule has 0 radical (unpaired) electrons. The second-order valence-corrected chi connectivity index (χ2v) is 4.41. The minimum atomic E-state index is -0.780. The number of nitrogens with zero attached hydrogens (tertiary/aromatic N) is 3. The number of hydrogen-bond donors (Lipinski definition) is 3. The van der Waals surface area contributed by atoms with Gasteiger partial charge in [-0.15, -0.1) is 0 Å². The lowest BCUT2D eigenvalue weighted by atomic mass is 9.94. The Bertz CT molecular complexity index is 401. The average molecular weight is 269 g/mol. The number of methoxy groups -OCH3 is 1. The molecule has 0 saturated carbocycles. The molecule has 106 valence electrons. The fourth-order valence-corrected chi connectivity index (χ4v) is 1.81. The Hall–Kier alpha value is -1.67. The highest BCUT2D eigenvalue weighted by Crippen LogP contribution is 2.21. The SMILES string of the molecule is CNc1nc(NCC2(O)CCOCC2)nc(OC)n1. The number of ether oxygens (including phenoxy) is 2. The standard InChI is InChI=1S/C11H19N5O3/c1-12-8-14-9(16-10(15-8)18-2)13-7-11(17)3-5-19-6-4-11/h17H,3-7H2,1-2H3,(H2,12,13,14,15,16). The van der Waals surface area contributed by atoms with E-state index in [1.807, 2.05) is 0 Å². The molecule has 0 bridgehead atoms. The van der Waals surface area contributed by atoms with Gasteiger partial charge in [0, 0.05) is 39.6 Å². The normalized spacial score (nSPS) is 17.8. The number of aromatic nitrogens is 3. The lowest BCUT2D eigenvalue weighted by Gasteiger charge is -2.32. The molecule has 1 aliphatic heterocycles. The van der Waals surface area contributed by atoms with E-state index in [4.69, 9.17) is 9.47 Å². The zero-order valence-electron chi connectivity index (χ0n) is 11.1. The second kappa shape index (κ2) is 5.98. The Morgan fingerprint density at radius 2 is 1.95 bits per heavy atom. The molecule has 1 saturated heterocycles. The van der Waals surface area contributed by atoms with Crippen LogP contribution in [0.25, 0.3) is 0 Å². The van der Waals surface area contributed by atoms with Crippen LogP contribution in [0.3, 0.4) is 0 Å². The monoisotopic (exact) mass is 269 g/mol. The largest absolute Gasteiger partial charge is 0.467 e. The predicted octanol–water partition coefficient (Wildman–Crippen LogP) is -0.125. The van der Waals surface area contributed by atoms with Crippen molar-refractivity contribution in [3.8, 4) is 6.01 Å². The third-order valence-electron chi connectivity index (χ3n) is 3.02. The van der Waals surface area contributed by atoms with Crippen LogP contribution in [-0.2, 0) is 4.74 Å². The smallest absolute Gasteiger partial charge is 0.322 e.